The van der Waals surface area contributed by atoms with Crippen LogP contribution in [0.15, 0.2) is 18.2 Å². The molecule has 15 heavy (non-hydrogen) atoms. The quantitative estimate of drug-likeness (QED) is 0.729. The zero-order chi connectivity index (χ0) is 11.4. The Bertz CT molecular complexity index is 363. The van der Waals surface area contributed by atoms with Crippen molar-refractivity contribution in [3.8, 4) is 0 Å². The second-order valence-corrected chi connectivity index (χ2v) is 3.46. The lowest BCUT2D eigenvalue weighted by atomic mass is 10.1. The molecule has 2 amide bonds. The maximum atomic E-state index is 11.6. The van der Waals surface area contributed by atoms with Crippen molar-refractivity contribution in [2.75, 3.05) is 24.6 Å². The fourth-order valence-electron chi connectivity index (χ4n) is 1.14. The van der Waals surface area contributed by atoms with Gasteiger partial charge in [0.05, 0.1) is 0 Å². The summed E-state index contributed by atoms with van der Waals surface area (Å²) < 4.78 is 0. The van der Waals surface area contributed by atoms with Crippen molar-refractivity contribution >= 4 is 17.4 Å². The molecule has 0 spiro atoms. The summed E-state index contributed by atoms with van der Waals surface area (Å²) in [5, 5.41) is 2.81. The highest BCUT2D eigenvalue weighted by Crippen LogP contribution is 2.20. The number of nitrogen functional groups attached to an aromatic ring is 1. The van der Waals surface area contributed by atoms with Gasteiger partial charge in [0.2, 0.25) is 0 Å². The molecule has 0 atom stereocenters. The largest absolute Gasteiger partial charge is 0.398 e. The summed E-state index contributed by atoms with van der Waals surface area (Å²) in [6.07, 6.45) is 0. The zero-order valence-electron chi connectivity index (χ0n) is 9.37. The van der Waals surface area contributed by atoms with Gasteiger partial charge in [-0.15, -0.1) is 0 Å². The molecule has 0 radical (unpaired) electrons. The predicted octanol–water partition coefficient (Wildman–Crippen LogP) is 2.06. The first-order chi connectivity index (χ1) is 7.06. The van der Waals surface area contributed by atoms with E-state index < -0.39 is 0 Å². The topological polar surface area (TPSA) is 58.4 Å². The lowest BCUT2D eigenvalue weighted by Gasteiger charge is -2.17. The van der Waals surface area contributed by atoms with Gasteiger partial charge in [-0.25, -0.2) is 4.79 Å². The SMILES string of the molecule is CCN(C)C(=O)Nc1cccc(N)c1C. The van der Waals surface area contributed by atoms with Crippen LogP contribution >= 0.6 is 0 Å². The number of carbonyl (C=O) groups excluding carboxylic acids is 1. The van der Waals surface area contributed by atoms with E-state index in [9.17, 15) is 4.79 Å². The summed E-state index contributed by atoms with van der Waals surface area (Å²) in [6, 6.07) is 5.36. The lowest BCUT2D eigenvalue weighted by molar-refractivity contribution is 0.224. The molecule has 1 aromatic rings. The van der Waals surface area contributed by atoms with Gasteiger partial charge < -0.3 is 16.0 Å². The number of rotatable bonds is 2. The fourth-order valence-corrected chi connectivity index (χ4v) is 1.14. The average Bonchev–Trinajstić information content (AvgIpc) is 2.23. The molecule has 0 heterocycles. The van der Waals surface area contributed by atoms with Gasteiger partial charge in [0.15, 0.2) is 0 Å². The third-order valence-corrected chi connectivity index (χ3v) is 2.44. The summed E-state index contributed by atoms with van der Waals surface area (Å²) in [6.45, 7) is 4.48. The van der Waals surface area contributed by atoms with E-state index in [0.29, 0.717) is 12.2 Å². The first-order valence-electron chi connectivity index (χ1n) is 4.93. The molecule has 1 aromatic carbocycles. The Morgan fingerprint density at radius 3 is 2.80 bits per heavy atom. The number of nitrogens with one attached hydrogen (secondary N) is 1. The second kappa shape index (κ2) is 4.68. The molecule has 0 bridgehead atoms. The van der Waals surface area contributed by atoms with Crippen molar-refractivity contribution in [2.45, 2.75) is 13.8 Å². The van der Waals surface area contributed by atoms with Gasteiger partial charge in [-0.2, -0.15) is 0 Å². The van der Waals surface area contributed by atoms with E-state index in [1.165, 1.54) is 0 Å². The molecule has 0 aliphatic carbocycles. The molecule has 4 nitrogen and oxygen atoms in total. The highest BCUT2D eigenvalue weighted by molar-refractivity contribution is 5.90. The van der Waals surface area contributed by atoms with Gasteiger partial charge in [0, 0.05) is 25.0 Å². The van der Waals surface area contributed by atoms with Crippen LogP contribution in [0.3, 0.4) is 0 Å². The number of nitrogens with two attached hydrogens (primary N) is 1. The first-order valence-corrected chi connectivity index (χ1v) is 4.93. The van der Waals surface area contributed by atoms with Crippen molar-refractivity contribution in [3.05, 3.63) is 23.8 Å². The van der Waals surface area contributed by atoms with E-state index in [4.69, 9.17) is 5.73 Å². The van der Waals surface area contributed by atoms with E-state index in [1.54, 1.807) is 11.9 Å². The molecular weight excluding hydrogens is 190 g/mol. The van der Waals surface area contributed by atoms with Gasteiger partial charge in [-0.1, -0.05) is 6.07 Å². The molecular formula is C11H17N3O. The molecule has 0 unspecified atom stereocenters. The van der Waals surface area contributed by atoms with Crippen molar-refractivity contribution in [1.82, 2.24) is 4.90 Å². The fraction of sp³-hybridized carbons (Fsp3) is 0.364. The van der Waals surface area contributed by atoms with Crippen LogP contribution in [0.1, 0.15) is 12.5 Å². The van der Waals surface area contributed by atoms with Gasteiger partial charge >= 0.3 is 6.03 Å². The monoisotopic (exact) mass is 207 g/mol. The van der Waals surface area contributed by atoms with E-state index in [0.717, 1.165) is 11.3 Å². The molecule has 82 valence electrons. The van der Waals surface area contributed by atoms with Gasteiger partial charge in [0.1, 0.15) is 0 Å². The summed E-state index contributed by atoms with van der Waals surface area (Å²) in [5.74, 6) is 0. The summed E-state index contributed by atoms with van der Waals surface area (Å²) in [4.78, 5) is 13.2. The maximum Gasteiger partial charge on any atom is 0.321 e. The summed E-state index contributed by atoms with van der Waals surface area (Å²) in [5.41, 5.74) is 8.09. The van der Waals surface area contributed by atoms with Gasteiger partial charge in [-0.05, 0) is 31.5 Å². The number of amides is 2. The Morgan fingerprint density at radius 1 is 1.53 bits per heavy atom. The maximum absolute atomic E-state index is 11.6. The molecule has 0 fully saturated rings. The second-order valence-electron chi connectivity index (χ2n) is 3.46. The normalized spacial score (nSPS) is 9.80. The number of hydrogen-bond acceptors (Lipinski definition) is 2. The third kappa shape index (κ3) is 2.62. The number of urea groups is 1. The van der Waals surface area contributed by atoms with E-state index in [-0.39, 0.29) is 6.03 Å². The number of anilines is 2. The van der Waals surface area contributed by atoms with Crippen molar-refractivity contribution in [2.24, 2.45) is 0 Å². The molecule has 4 heteroatoms. The number of nitrogens with zero attached hydrogens (tertiary/aromatic N) is 1. The van der Waals surface area contributed by atoms with Crippen LogP contribution in [0.4, 0.5) is 16.2 Å². The highest BCUT2D eigenvalue weighted by atomic mass is 16.2. The van der Waals surface area contributed by atoms with Crippen LogP contribution in [-0.4, -0.2) is 24.5 Å². The zero-order valence-corrected chi connectivity index (χ0v) is 9.37. The minimum atomic E-state index is -0.119. The van der Waals surface area contributed by atoms with Crippen LogP contribution in [0.2, 0.25) is 0 Å². The van der Waals surface area contributed by atoms with E-state index in [2.05, 4.69) is 5.32 Å². The smallest absolute Gasteiger partial charge is 0.321 e. The number of carbonyl (C=O) groups is 1. The molecule has 0 aliphatic rings. The van der Waals surface area contributed by atoms with Gasteiger partial charge in [0.25, 0.3) is 0 Å². The van der Waals surface area contributed by atoms with Crippen molar-refractivity contribution in [1.29, 1.82) is 0 Å². The lowest BCUT2D eigenvalue weighted by Crippen LogP contribution is -2.31. The molecule has 0 saturated carbocycles. The summed E-state index contributed by atoms with van der Waals surface area (Å²) in [7, 11) is 1.75. The van der Waals surface area contributed by atoms with Crippen LogP contribution in [0, 0.1) is 6.92 Å². The number of hydrogen-bond donors (Lipinski definition) is 2. The van der Waals surface area contributed by atoms with Crippen LogP contribution in [-0.2, 0) is 0 Å². The van der Waals surface area contributed by atoms with E-state index >= 15 is 0 Å². The predicted molar refractivity (Wildman–Crippen MR) is 62.9 cm³/mol. The molecule has 3 N–H and O–H groups in total. The Hall–Kier alpha value is -1.71. The average molecular weight is 207 g/mol. The van der Waals surface area contributed by atoms with Crippen molar-refractivity contribution < 1.29 is 4.79 Å². The minimum Gasteiger partial charge on any atom is -0.398 e. The van der Waals surface area contributed by atoms with Crippen LogP contribution in [0.25, 0.3) is 0 Å². The van der Waals surface area contributed by atoms with Crippen LogP contribution < -0.4 is 11.1 Å². The first kappa shape index (κ1) is 11.4. The minimum absolute atomic E-state index is 0.119. The third-order valence-electron chi connectivity index (χ3n) is 2.44. The Labute approximate surface area is 90.1 Å². The Kier molecular flexibility index (Phi) is 3.55. The number of benzene rings is 1. The van der Waals surface area contributed by atoms with E-state index in [1.807, 2.05) is 32.0 Å². The standard InChI is InChI=1S/C11H17N3O/c1-4-14(3)11(15)13-10-7-5-6-9(12)8(10)2/h5-7H,4,12H2,1-3H3,(H,13,15). The van der Waals surface area contributed by atoms with Gasteiger partial charge in [-0.3, -0.25) is 0 Å². The Balaban J connectivity index is 2.81. The highest BCUT2D eigenvalue weighted by Gasteiger charge is 2.08. The molecule has 0 aromatic heterocycles. The molecule has 0 aliphatic heterocycles. The van der Waals surface area contributed by atoms with Crippen molar-refractivity contribution in [3.63, 3.8) is 0 Å². The molecule has 0 saturated heterocycles. The van der Waals surface area contributed by atoms with Crippen LogP contribution in [0.5, 0.6) is 0 Å². The summed E-state index contributed by atoms with van der Waals surface area (Å²) >= 11 is 0. The Morgan fingerprint density at radius 2 is 2.20 bits per heavy atom. The molecule has 1 rings (SSSR count).